The third-order valence-electron chi connectivity index (χ3n) is 7.80. The number of nitrogens with one attached hydrogen (secondary N) is 2. The number of alkyl carbamates (subject to hydrolysis) is 1. The van der Waals surface area contributed by atoms with E-state index >= 15 is 0 Å². The molecule has 13 nitrogen and oxygen atoms in total. The van der Waals surface area contributed by atoms with Crippen LogP contribution in [0.4, 0.5) is 4.79 Å². The maximum absolute atomic E-state index is 14.2. The SMILES string of the molecule is Cn1nnnc1SCC1=C(C(=O)OC(c2ccccc2)c2ccccc2)N2C(=O)[C@@H](NC(=O)Cc3ccc(CNC(=O)OC(C)(C)C)s3)[C@H]2SC1. The van der Waals surface area contributed by atoms with Gasteiger partial charge in [0.25, 0.3) is 5.91 Å². The minimum absolute atomic E-state index is 0.0620. The summed E-state index contributed by atoms with van der Waals surface area (Å²) in [5.74, 6) is -0.554. The second-order valence-electron chi connectivity index (χ2n) is 12.8. The number of nitrogens with zero attached hydrogens (tertiary/aromatic N) is 5. The molecule has 2 N–H and O–H groups in total. The smallest absolute Gasteiger partial charge is 0.407 e. The standard InChI is InChI=1S/C35H37N7O6S3/c1-35(2,3)48-34(46)36-18-25-16-15-24(51-25)17-26(43)37-27-30(44)42-28(23(19-49-31(27)42)20-50-33-38-39-40-41(33)4)32(45)47-29(21-11-7-5-8-12-21)22-13-9-6-10-14-22/h5-16,27,29,31H,17-20H2,1-4H3,(H,36,46)(H,37,43)/t27-,31-/m1/s1. The van der Waals surface area contributed by atoms with Gasteiger partial charge < -0.3 is 20.1 Å². The molecule has 2 aromatic heterocycles. The molecule has 0 aliphatic carbocycles. The summed E-state index contributed by atoms with van der Waals surface area (Å²) in [6.45, 7) is 5.64. The average Bonchev–Trinajstić information content (AvgIpc) is 3.74. The highest BCUT2D eigenvalue weighted by Gasteiger charge is 2.54. The number of thioether (sulfide) groups is 2. The first-order valence-corrected chi connectivity index (χ1v) is 19.0. The zero-order valence-electron chi connectivity index (χ0n) is 28.4. The van der Waals surface area contributed by atoms with E-state index in [0.717, 1.165) is 20.9 Å². The van der Waals surface area contributed by atoms with Gasteiger partial charge in [-0.3, -0.25) is 14.5 Å². The predicted octanol–water partition coefficient (Wildman–Crippen LogP) is 4.62. The molecule has 2 aliphatic heterocycles. The monoisotopic (exact) mass is 747 g/mol. The quantitative estimate of drug-likeness (QED) is 0.118. The Morgan fingerprint density at radius 2 is 1.67 bits per heavy atom. The third-order valence-corrected chi connectivity index (χ3v) is 11.3. The van der Waals surface area contributed by atoms with Crippen LogP contribution in [0.1, 0.15) is 47.8 Å². The van der Waals surface area contributed by atoms with Crippen LogP contribution >= 0.6 is 34.9 Å². The molecule has 266 valence electrons. The van der Waals surface area contributed by atoms with Gasteiger partial charge in [0.15, 0.2) is 6.10 Å². The van der Waals surface area contributed by atoms with Crippen molar-refractivity contribution in [3.8, 4) is 0 Å². The Labute approximate surface area is 307 Å². The van der Waals surface area contributed by atoms with Gasteiger partial charge in [0.2, 0.25) is 11.1 Å². The van der Waals surface area contributed by atoms with E-state index in [1.165, 1.54) is 44.4 Å². The van der Waals surface area contributed by atoms with Crippen molar-refractivity contribution in [2.24, 2.45) is 7.05 Å². The average molecular weight is 748 g/mol. The van der Waals surface area contributed by atoms with Crippen molar-refractivity contribution in [3.05, 3.63) is 105 Å². The molecule has 3 amide bonds. The summed E-state index contributed by atoms with van der Waals surface area (Å²) in [6.07, 6.45) is -1.17. The van der Waals surface area contributed by atoms with E-state index in [1.54, 1.807) is 27.8 Å². The number of aryl methyl sites for hydroxylation is 1. The lowest BCUT2D eigenvalue weighted by Gasteiger charge is -2.49. The number of rotatable bonds is 12. The van der Waals surface area contributed by atoms with E-state index in [9.17, 15) is 19.2 Å². The van der Waals surface area contributed by atoms with Crippen molar-refractivity contribution < 1.29 is 28.7 Å². The number of β-lactam (4-membered cyclic amide) rings is 1. The van der Waals surface area contributed by atoms with Crippen LogP contribution < -0.4 is 10.6 Å². The van der Waals surface area contributed by atoms with Crippen LogP contribution in [-0.4, -0.2) is 77.5 Å². The van der Waals surface area contributed by atoms with Gasteiger partial charge in [-0.2, -0.15) is 0 Å². The number of aromatic nitrogens is 4. The number of ether oxygens (including phenoxy) is 2. The molecule has 51 heavy (non-hydrogen) atoms. The summed E-state index contributed by atoms with van der Waals surface area (Å²) in [6, 6.07) is 21.7. The minimum Gasteiger partial charge on any atom is -0.448 e. The molecule has 0 saturated carbocycles. The first kappa shape index (κ1) is 36.1. The van der Waals surface area contributed by atoms with E-state index in [4.69, 9.17) is 9.47 Å². The van der Waals surface area contributed by atoms with Crippen LogP contribution in [0.3, 0.4) is 0 Å². The number of hydrogen-bond donors (Lipinski definition) is 2. The van der Waals surface area contributed by atoms with Crippen molar-refractivity contribution in [2.45, 2.75) is 62.0 Å². The Morgan fingerprint density at radius 3 is 2.29 bits per heavy atom. The van der Waals surface area contributed by atoms with Crippen LogP contribution in [0.2, 0.25) is 0 Å². The number of thiophene rings is 1. The van der Waals surface area contributed by atoms with Gasteiger partial charge in [-0.15, -0.1) is 28.2 Å². The first-order chi connectivity index (χ1) is 24.5. The van der Waals surface area contributed by atoms with Gasteiger partial charge >= 0.3 is 12.1 Å². The minimum atomic E-state index is -0.810. The molecule has 2 aromatic carbocycles. The van der Waals surface area contributed by atoms with Crippen molar-refractivity contribution in [1.29, 1.82) is 0 Å². The van der Waals surface area contributed by atoms with E-state index in [0.29, 0.717) is 22.2 Å². The molecule has 4 heterocycles. The molecule has 16 heteroatoms. The molecule has 2 atom stereocenters. The molecule has 0 radical (unpaired) electrons. The Balaban J connectivity index is 1.16. The van der Waals surface area contributed by atoms with Gasteiger partial charge in [0.05, 0.1) is 13.0 Å². The van der Waals surface area contributed by atoms with Gasteiger partial charge in [-0.1, -0.05) is 72.4 Å². The van der Waals surface area contributed by atoms with E-state index < -0.39 is 35.2 Å². The normalized spacial score (nSPS) is 17.1. The number of hydrogen-bond acceptors (Lipinski definition) is 12. The summed E-state index contributed by atoms with van der Waals surface area (Å²) in [5.41, 5.74) is 1.86. The second-order valence-corrected chi connectivity index (χ2v) is 16.1. The van der Waals surface area contributed by atoms with Crippen LogP contribution in [0.5, 0.6) is 0 Å². The van der Waals surface area contributed by atoms with Crippen molar-refractivity contribution in [2.75, 3.05) is 11.5 Å². The van der Waals surface area contributed by atoms with Gasteiger partial charge in [-0.05, 0) is 60.0 Å². The molecule has 0 bridgehead atoms. The fraction of sp³-hybridized carbons (Fsp3) is 0.343. The number of carbonyl (C=O) groups is 4. The largest absolute Gasteiger partial charge is 0.448 e. The number of amides is 3. The van der Waals surface area contributed by atoms with Crippen molar-refractivity contribution in [1.82, 2.24) is 35.7 Å². The molecular formula is C35H37N7O6S3. The fourth-order valence-corrected chi connectivity index (χ4v) is 8.78. The Hall–Kier alpha value is -4.67. The molecule has 0 spiro atoms. The summed E-state index contributed by atoms with van der Waals surface area (Å²) >= 11 is 4.22. The zero-order chi connectivity index (χ0) is 36.1. The van der Waals surface area contributed by atoms with E-state index in [1.807, 2.05) is 72.8 Å². The Kier molecular flexibility index (Phi) is 11.1. The summed E-state index contributed by atoms with van der Waals surface area (Å²) in [4.78, 5) is 56.3. The zero-order valence-corrected chi connectivity index (χ0v) is 30.8. The lowest BCUT2D eigenvalue weighted by molar-refractivity contribution is -0.154. The Bertz CT molecular complexity index is 1890. The number of carbonyl (C=O) groups excluding carboxylic acids is 4. The van der Waals surface area contributed by atoms with Gasteiger partial charge in [0, 0.05) is 28.3 Å². The lowest BCUT2D eigenvalue weighted by Crippen LogP contribution is -2.70. The maximum Gasteiger partial charge on any atom is 0.407 e. The topological polar surface area (TPSA) is 158 Å². The predicted molar refractivity (Wildman–Crippen MR) is 193 cm³/mol. The van der Waals surface area contributed by atoms with Crippen LogP contribution in [0.25, 0.3) is 0 Å². The van der Waals surface area contributed by atoms with Crippen LogP contribution in [0.15, 0.2) is 89.2 Å². The molecule has 1 fully saturated rings. The number of benzene rings is 2. The fourth-order valence-electron chi connectivity index (χ4n) is 5.49. The number of fused-ring (bicyclic) bond motifs is 1. The number of esters is 1. The van der Waals surface area contributed by atoms with Crippen LogP contribution in [0, 0.1) is 0 Å². The highest BCUT2D eigenvalue weighted by molar-refractivity contribution is 8.01. The third kappa shape index (κ3) is 8.80. The Morgan fingerprint density at radius 1 is 1.00 bits per heavy atom. The summed E-state index contributed by atoms with van der Waals surface area (Å²) in [7, 11) is 1.73. The van der Waals surface area contributed by atoms with E-state index in [-0.39, 0.29) is 30.5 Å². The number of tetrazole rings is 1. The molecule has 2 aliphatic rings. The summed E-state index contributed by atoms with van der Waals surface area (Å²) in [5, 5.41) is 17.3. The maximum atomic E-state index is 14.2. The summed E-state index contributed by atoms with van der Waals surface area (Å²) < 4.78 is 13.1. The van der Waals surface area contributed by atoms with E-state index in [2.05, 4.69) is 26.2 Å². The lowest BCUT2D eigenvalue weighted by atomic mass is 10.0. The van der Waals surface area contributed by atoms with Gasteiger partial charge in [0.1, 0.15) is 22.7 Å². The molecular weight excluding hydrogens is 711 g/mol. The molecule has 4 aromatic rings. The first-order valence-electron chi connectivity index (χ1n) is 16.1. The second kappa shape index (κ2) is 15.7. The highest BCUT2D eigenvalue weighted by atomic mass is 32.2. The molecule has 0 unspecified atom stereocenters. The van der Waals surface area contributed by atoms with Crippen molar-refractivity contribution in [3.63, 3.8) is 0 Å². The van der Waals surface area contributed by atoms with Crippen LogP contribution in [-0.2, 0) is 43.9 Å². The molecule has 1 saturated heterocycles. The van der Waals surface area contributed by atoms with Crippen molar-refractivity contribution >= 4 is 58.7 Å². The molecule has 6 rings (SSSR count). The highest BCUT2D eigenvalue weighted by Crippen LogP contribution is 2.42. The van der Waals surface area contributed by atoms with Gasteiger partial charge in [-0.25, -0.2) is 14.3 Å².